The zero-order valence-electron chi connectivity index (χ0n) is 13.2. The fourth-order valence-electron chi connectivity index (χ4n) is 2.42. The summed E-state index contributed by atoms with van der Waals surface area (Å²) in [7, 11) is 0. The van der Waals surface area contributed by atoms with E-state index in [4.69, 9.17) is 4.74 Å². The lowest BCUT2D eigenvalue weighted by Crippen LogP contribution is -2.38. The molecule has 20 heavy (non-hydrogen) atoms. The minimum atomic E-state index is -1.21. The molecule has 0 fully saturated rings. The van der Waals surface area contributed by atoms with Gasteiger partial charge in [0.1, 0.15) is 5.60 Å². The van der Waals surface area contributed by atoms with E-state index in [0.717, 1.165) is 17.5 Å². The molecule has 3 heteroatoms. The molecule has 0 aliphatic heterocycles. The Morgan fingerprint density at radius 2 is 1.95 bits per heavy atom. The average molecular weight is 278 g/mol. The molecule has 2 atom stereocenters. The molecule has 0 bridgehead atoms. The maximum absolute atomic E-state index is 12.1. The molecule has 1 rings (SSSR count). The molecule has 0 heterocycles. The zero-order chi connectivity index (χ0) is 15.3. The molecule has 0 saturated heterocycles. The summed E-state index contributed by atoms with van der Waals surface area (Å²) in [6.45, 7) is 9.86. The lowest BCUT2D eigenvalue weighted by atomic mass is 9.79. The van der Waals surface area contributed by atoms with Crippen molar-refractivity contribution in [2.24, 2.45) is 5.92 Å². The number of hydrogen-bond donors (Lipinski definition) is 1. The van der Waals surface area contributed by atoms with Crippen LogP contribution in [0.2, 0.25) is 0 Å². The first-order valence-electron chi connectivity index (χ1n) is 7.31. The number of esters is 1. The molecule has 0 aromatic heterocycles. The molecule has 0 spiro atoms. The van der Waals surface area contributed by atoms with Gasteiger partial charge in [-0.3, -0.25) is 4.79 Å². The van der Waals surface area contributed by atoms with Crippen molar-refractivity contribution >= 4 is 5.97 Å². The minimum absolute atomic E-state index is 0.322. The number of carbonyl (C=O) groups is 1. The van der Waals surface area contributed by atoms with Crippen LogP contribution in [-0.4, -0.2) is 17.7 Å². The Kier molecular flexibility index (Phi) is 5.75. The van der Waals surface area contributed by atoms with Crippen molar-refractivity contribution in [2.45, 2.75) is 53.1 Å². The van der Waals surface area contributed by atoms with Crippen LogP contribution in [0.3, 0.4) is 0 Å². The van der Waals surface area contributed by atoms with E-state index in [1.54, 1.807) is 13.8 Å². The van der Waals surface area contributed by atoms with Gasteiger partial charge in [0.2, 0.25) is 0 Å². The topological polar surface area (TPSA) is 46.5 Å². The van der Waals surface area contributed by atoms with Gasteiger partial charge in [0, 0.05) is 0 Å². The van der Waals surface area contributed by atoms with Gasteiger partial charge in [-0.1, -0.05) is 31.5 Å². The zero-order valence-corrected chi connectivity index (χ0v) is 13.2. The summed E-state index contributed by atoms with van der Waals surface area (Å²) < 4.78 is 5.12. The molecule has 0 aliphatic rings. The van der Waals surface area contributed by atoms with Crippen molar-refractivity contribution in [3.05, 3.63) is 34.9 Å². The smallest absolute Gasteiger partial charge is 0.312 e. The van der Waals surface area contributed by atoms with Crippen LogP contribution in [0.5, 0.6) is 0 Å². The van der Waals surface area contributed by atoms with Crippen molar-refractivity contribution in [2.75, 3.05) is 6.61 Å². The normalized spacial score (nSPS) is 15.5. The molecule has 0 saturated carbocycles. The van der Waals surface area contributed by atoms with Crippen molar-refractivity contribution in [3.8, 4) is 0 Å². The van der Waals surface area contributed by atoms with E-state index in [2.05, 4.69) is 0 Å². The Morgan fingerprint density at radius 3 is 2.45 bits per heavy atom. The lowest BCUT2D eigenvalue weighted by molar-refractivity contribution is -0.158. The third-order valence-electron chi connectivity index (χ3n) is 3.92. The van der Waals surface area contributed by atoms with Crippen molar-refractivity contribution in [1.82, 2.24) is 0 Å². The molecule has 0 amide bonds. The molecule has 1 aromatic rings. The van der Waals surface area contributed by atoms with Gasteiger partial charge >= 0.3 is 5.97 Å². The van der Waals surface area contributed by atoms with E-state index in [1.807, 2.05) is 39.0 Å². The first kappa shape index (κ1) is 16.7. The second-order valence-corrected chi connectivity index (χ2v) is 5.54. The Labute approximate surface area is 122 Å². The molecule has 112 valence electrons. The number of benzene rings is 1. The van der Waals surface area contributed by atoms with Crippen LogP contribution < -0.4 is 0 Å². The lowest BCUT2D eigenvalue weighted by Gasteiger charge is -2.32. The molecule has 2 unspecified atom stereocenters. The highest BCUT2D eigenvalue weighted by Crippen LogP contribution is 2.34. The maximum Gasteiger partial charge on any atom is 0.312 e. The van der Waals surface area contributed by atoms with Crippen molar-refractivity contribution < 1.29 is 14.6 Å². The number of rotatable bonds is 6. The largest absolute Gasteiger partial charge is 0.466 e. The minimum Gasteiger partial charge on any atom is -0.466 e. The van der Waals surface area contributed by atoms with E-state index in [1.165, 1.54) is 5.56 Å². The highest BCUT2D eigenvalue weighted by atomic mass is 16.5. The molecule has 1 N–H and O–H groups in total. The van der Waals surface area contributed by atoms with Gasteiger partial charge in [-0.15, -0.1) is 0 Å². The van der Waals surface area contributed by atoms with E-state index in [-0.39, 0.29) is 5.97 Å². The number of carbonyl (C=O) groups excluding carboxylic acids is 1. The monoisotopic (exact) mass is 278 g/mol. The predicted molar refractivity (Wildman–Crippen MR) is 80.5 cm³/mol. The average Bonchev–Trinajstić information content (AvgIpc) is 2.39. The van der Waals surface area contributed by atoms with Gasteiger partial charge in [0.05, 0.1) is 12.5 Å². The Balaban J connectivity index is 3.13. The number of ether oxygens (including phenoxy) is 1. The number of aliphatic hydroxyl groups is 1. The van der Waals surface area contributed by atoms with Gasteiger partial charge in [-0.05, 0) is 50.8 Å². The van der Waals surface area contributed by atoms with Gasteiger partial charge < -0.3 is 9.84 Å². The summed E-state index contributed by atoms with van der Waals surface area (Å²) in [4.78, 5) is 12.1. The SMILES string of the molecule is CCCC(C(=O)OCC)C(C)(O)c1ccc(C)c(C)c1. The fourth-order valence-corrected chi connectivity index (χ4v) is 2.42. The summed E-state index contributed by atoms with van der Waals surface area (Å²) in [5.74, 6) is -0.855. The highest BCUT2D eigenvalue weighted by Gasteiger charge is 2.39. The molecular formula is C17H26O3. The highest BCUT2D eigenvalue weighted by molar-refractivity contribution is 5.74. The molecule has 1 aromatic carbocycles. The van der Waals surface area contributed by atoms with Gasteiger partial charge in [0.25, 0.3) is 0 Å². The third-order valence-corrected chi connectivity index (χ3v) is 3.92. The summed E-state index contributed by atoms with van der Waals surface area (Å²) in [6.07, 6.45) is 1.43. The molecular weight excluding hydrogens is 252 g/mol. The maximum atomic E-state index is 12.1. The van der Waals surface area contributed by atoms with Crippen LogP contribution in [-0.2, 0) is 15.1 Å². The quantitative estimate of drug-likeness (QED) is 0.810. The van der Waals surface area contributed by atoms with E-state index < -0.39 is 11.5 Å². The number of hydrogen-bond acceptors (Lipinski definition) is 3. The summed E-state index contributed by atoms with van der Waals surface area (Å²) in [5.41, 5.74) is 1.85. The third kappa shape index (κ3) is 3.60. The van der Waals surface area contributed by atoms with Gasteiger partial charge in [0.15, 0.2) is 0 Å². The van der Waals surface area contributed by atoms with Crippen LogP contribution in [0.4, 0.5) is 0 Å². The van der Waals surface area contributed by atoms with E-state index in [9.17, 15) is 9.90 Å². The Morgan fingerprint density at radius 1 is 1.30 bits per heavy atom. The predicted octanol–water partition coefficient (Wildman–Crippen LogP) is 3.49. The fraction of sp³-hybridized carbons (Fsp3) is 0.588. The summed E-state index contributed by atoms with van der Waals surface area (Å²) in [5, 5.41) is 10.9. The Hall–Kier alpha value is -1.35. The van der Waals surface area contributed by atoms with Gasteiger partial charge in [-0.2, -0.15) is 0 Å². The van der Waals surface area contributed by atoms with Crippen molar-refractivity contribution in [1.29, 1.82) is 0 Å². The van der Waals surface area contributed by atoms with Crippen LogP contribution in [0.25, 0.3) is 0 Å². The molecule has 0 radical (unpaired) electrons. The molecule has 3 nitrogen and oxygen atoms in total. The van der Waals surface area contributed by atoms with Crippen LogP contribution in [0.15, 0.2) is 18.2 Å². The standard InChI is InChI=1S/C17H26O3/c1-6-8-15(16(18)20-7-2)17(5,19)14-10-9-12(3)13(4)11-14/h9-11,15,19H,6-8H2,1-5H3. The van der Waals surface area contributed by atoms with E-state index in [0.29, 0.717) is 13.0 Å². The Bertz CT molecular complexity index is 463. The van der Waals surface area contributed by atoms with Crippen LogP contribution in [0.1, 0.15) is 50.3 Å². The van der Waals surface area contributed by atoms with Crippen LogP contribution >= 0.6 is 0 Å². The van der Waals surface area contributed by atoms with Gasteiger partial charge in [-0.25, -0.2) is 0 Å². The second-order valence-electron chi connectivity index (χ2n) is 5.54. The van der Waals surface area contributed by atoms with Crippen molar-refractivity contribution in [3.63, 3.8) is 0 Å². The summed E-state index contributed by atoms with van der Waals surface area (Å²) >= 11 is 0. The first-order valence-corrected chi connectivity index (χ1v) is 7.31. The second kappa shape index (κ2) is 6.89. The molecule has 0 aliphatic carbocycles. The first-order chi connectivity index (χ1) is 9.34. The van der Waals surface area contributed by atoms with E-state index >= 15 is 0 Å². The number of aryl methyl sites for hydroxylation is 2. The summed E-state index contributed by atoms with van der Waals surface area (Å²) in [6, 6.07) is 5.83. The van der Waals surface area contributed by atoms with Crippen LogP contribution in [0, 0.1) is 19.8 Å².